The Morgan fingerprint density at radius 2 is 2.12 bits per heavy atom. The Kier molecular flexibility index (Phi) is 5.52. The first-order valence-corrected chi connectivity index (χ1v) is 8.77. The molecule has 0 bridgehead atoms. The van der Waals surface area contributed by atoms with Gasteiger partial charge in [0.25, 0.3) is 0 Å². The van der Waals surface area contributed by atoms with Crippen LogP contribution in [0.25, 0.3) is 5.69 Å². The van der Waals surface area contributed by atoms with Crippen LogP contribution in [-0.2, 0) is 16.1 Å². The molecule has 5 nitrogen and oxygen atoms in total. The fourth-order valence-electron chi connectivity index (χ4n) is 3.37. The predicted molar refractivity (Wildman–Crippen MR) is 95.1 cm³/mol. The molecule has 1 fully saturated rings. The highest BCUT2D eigenvalue weighted by molar-refractivity contribution is 5.72. The van der Waals surface area contributed by atoms with E-state index < -0.39 is 0 Å². The number of nitrogens with zero attached hydrogens (tertiary/aromatic N) is 3. The van der Waals surface area contributed by atoms with Crippen molar-refractivity contribution >= 4 is 5.97 Å². The van der Waals surface area contributed by atoms with Crippen LogP contribution in [0.5, 0.6) is 0 Å². The molecule has 0 N–H and O–H groups in total. The normalized spacial score (nSPS) is 17.8. The lowest BCUT2D eigenvalue weighted by Crippen LogP contribution is -2.39. The van der Waals surface area contributed by atoms with Crippen LogP contribution in [0.2, 0.25) is 0 Å². The summed E-state index contributed by atoms with van der Waals surface area (Å²) in [5.74, 6) is -0.0956. The van der Waals surface area contributed by atoms with Crippen LogP contribution in [0.1, 0.15) is 31.0 Å². The van der Waals surface area contributed by atoms with Crippen molar-refractivity contribution in [1.82, 2.24) is 9.47 Å². The van der Waals surface area contributed by atoms with Gasteiger partial charge in [0.2, 0.25) is 0 Å². The first kappa shape index (κ1) is 17.2. The van der Waals surface area contributed by atoms with Gasteiger partial charge in [0, 0.05) is 30.7 Å². The minimum Gasteiger partial charge on any atom is -0.466 e. The van der Waals surface area contributed by atoms with Gasteiger partial charge in [0.05, 0.1) is 24.2 Å². The lowest BCUT2D eigenvalue weighted by molar-refractivity contribution is -0.150. The van der Waals surface area contributed by atoms with Crippen molar-refractivity contribution in [3.05, 3.63) is 53.9 Å². The molecule has 130 valence electrons. The number of hydrogen-bond acceptors (Lipinski definition) is 4. The van der Waals surface area contributed by atoms with Crippen molar-refractivity contribution in [3.63, 3.8) is 0 Å². The van der Waals surface area contributed by atoms with Crippen LogP contribution in [0.15, 0.2) is 42.6 Å². The maximum absolute atomic E-state index is 12.0. The van der Waals surface area contributed by atoms with Crippen LogP contribution in [-0.4, -0.2) is 35.1 Å². The van der Waals surface area contributed by atoms with E-state index in [1.54, 1.807) is 0 Å². The fraction of sp³-hybridized carbons (Fsp3) is 0.400. The maximum Gasteiger partial charge on any atom is 0.310 e. The largest absolute Gasteiger partial charge is 0.466 e. The first-order valence-electron chi connectivity index (χ1n) is 8.77. The molecular weight excluding hydrogens is 314 g/mol. The Bertz CT molecular complexity index is 758. The summed E-state index contributed by atoms with van der Waals surface area (Å²) in [5.41, 5.74) is 2.87. The predicted octanol–water partition coefficient (Wildman–Crippen LogP) is 3.12. The van der Waals surface area contributed by atoms with Crippen molar-refractivity contribution in [1.29, 1.82) is 5.26 Å². The summed E-state index contributed by atoms with van der Waals surface area (Å²) in [6.45, 7) is 4.83. The molecule has 0 spiro atoms. The molecule has 0 radical (unpaired) electrons. The Balaban J connectivity index is 1.70. The highest BCUT2D eigenvalue weighted by Gasteiger charge is 2.27. The number of rotatable bonds is 5. The number of piperidine rings is 1. The van der Waals surface area contributed by atoms with Crippen LogP contribution >= 0.6 is 0 Å². The van der Waals surface area contributed by atoms with E-state index in [9.17, 15) is 4.79 Å². The van der Waals surface area contributed by atoms with Gasteiger partial charge in [-0.15, -0.1) is 0 Å². The zero-order valence-electron chi connectivity index (χ0n) is 14.5. The summed E-state index contributed by atoms with van der Waals surface area (Å²) in [7, 11) is 0. The zero-order chi connectivity index (χ0) is 17.6. The lowest BCUT2D eigenvalue weighted by atomic mass is 9.98. The van der Waals surface area contributed by atoms with Crippen LogP contribution < -0.4 is 0 Å². The average molecular weight is 337 g/mol. The highest BCUT2D eigenvalue weighted by Crippen LogP contribution is 2.21. The van der Waals surface area contributed by atoms with Crippen molar-refractivity contribution < 1.29 is 9.53 Å². The third-order valence-corrected chi connectivity index (χ3v) is 4.62. The van der Waals surface area contributed by atoms with E-state index in [1.807, 2.05) is 43.5 Å². The van der Waals surface area contributed by atoms with Gasteiger partial charge in [0.15, 0.2) is 0 Å². The Hall–Kier alpha value is -2.58. The molecule has 1 atom stereocenters. The van der Waals surface area contributed by atoms with E-state index in [-0.39, 0.29) is 11.9 Å². The molecule has 0 saturated carbocycles. The Morgan fingerprint density at radius 1 is 1.32 bits per heavy atom. The fourth-order valence-corrected chi connectivity index (χ4v) is 3.37. The first-order chi connectivity index (χ1) is 12.2. The number of ether oxygens (including phenoxy) is 1. The van der Waals surface area contributed by atoms with Gasteiger partial charge < -0.3 is 9.30 Å². The molecule has 0 amide bonds. The van der Waals surface area contributed by atoms with Gasteiger partial charge in [-0.05, 0) is 62.7 Å². The zero-order valence-corrected chi connectivity index (χ0v) is 14.5. The number of aromatic nitrogens is 1. The van der Waals surface area contributed by atoms with Gasteiger partial charge in [-0.1, -0.05) is 0 Å². The van der Waals surface area contributed by atoms with Gasteiger partial charge in [-0.2, -0.15) is 5.26 Å². The van der Waals surface area contributed by atoms with Crippen LogP contribution in [0, 0.1) is 17.2 Å². The van der Waals surface area contributed by atoms with Gasteiger partial charge in [-0.3, -0.25) is 9.69 Å². The summed E-state index contributed by atoms with van der Waals surface area (Å²) >= 11 is 0. The van der Waals surface area contributed by atoms with Crippen molar-refractivity contribution in [2.75, 3.05) is 19.7 Å². The number of benzene rings is 1. The van der Waals surface area contributed by atoms with E-state index in [4.69, 9.17) is 10.00 Å². The molecule has 1 aliphatic rings. The third-order valence-electron chi connectivity index (χ3n) is 4.62. The molecule has 0 aliphatic carbocycles. The molecule has 2 heterocycles. The monoisotopic (exact) mass is 337 g/mol. The molecule has 5 heteroatoms. The SMILES string of the molecule is CCOC(=O)C1CCCN(Cc2cccn2-c2ccc(C#N)cc2)C1. The van der Waals surface area contributed by atoms with E-state index >= 15 is 0 Å². The highest BCUT2D eigenvalue weighted by atomic mass is 16.5. The molecule has 1 unspecified atom stereocenters. The number of likely N-dealkylation sites (tertiary alicyclic amines) is 1. The molecule has 25 heavy (non-hydrogen) atoms. The third kappa shape index (κ3) is 4.09. The number of carbonyl (C=O) groups is 1. The molecule has 2 aromatic rings. The molecule has 1 aliphatic heterocycles. The number of hydrogen-bond donors (Lipinski definition) is 0. The minimum absolute atomic E-state index is 0.0213. The van der Waals surface area contributed by atoms with E-state index in [1.165, 1.54) is 5.69 Å². The quantitative estimate of drug-likeness (QED) is 0.787. The maximum atomic E-state index is 12.0. The molecule has 3 rings (SSSR count). The lowest BCUT2D eigenvalue weighted by Gasteiger charge is -2.31. The van der Waals surface area contributed by atoms with Crippen molar-refractivity contribution in [2.45, 2.75) is 26.3 Å². The molecule has 1 aromatic heterocycles. The smallest absolute Gasteiger partial charge is 0.310 e. The standard InChI is InChI=1S/C20H23N3O2/c1-2-25-20(24)17-5-3-11-22(14-17)15-19-6-4-12-23(19)18-9-7-16(13-21)8-10-18/h4,6-10,12,17H,2-3,5,11,14-15H2,1H3. The van der Waals surface area contributed by atoms with Crippen molar-refractivity contribution in [3.8, 4) is 11.8 Å². The summed E-state index contributed by atoms with van der Waals surface area (Å²) in [6.07, 6.45) is 3.95. The van der Waals surface area contributed by atoms with Crippen LogP contribution in [0.4, 0.5) is 0 Å². The number of esters is 1. The Morgan fingerprint density at radius 3 is 2.84 bits per heavy atom. The second kappa shape index (κ2) is 8.00. The van der Waals surface area contributed by atoms with Gasteiger partial charge in [0.1, 0.15) is 0 Å². The summed E-state index contributed by atoms with van der Waals surface area (Å²) in [4.78, 5) is 14.3. The Labute approximate surface area is 148 Å². The summed E-state index contributed by atoms with van der Waals surface area (Å²) < 4.78 is 7.32. The number of carbonyl (C=O) groups excluding carboxylic acids is 1. The van der Waals surface area contributed by atoms with E-state index in [0.717, 1.165) is 38.2 Å². The van der Waals surface area contributed by atoms with E-state index in [0.29, 0.717) is 12.2 Å². The summed E-state index contributed by atoms with van der Waals surface area (Å²) in [6, 6.07) is 13.9. The number of nitriles is 1. The van der Waals surface area contributed by atoms with Crippen LogP contribution in [0.3, 0.4) is 0 Å². The summed E-state index contributed by atoms with van der Waals surface area (Å²) in [5, 5.41) is 8.94. The van der Waals surface area contributed by atoms with Gasteiger partial charge in [-0.25, -0.2) is 0 Å². The molecule has 1 saturated heterocycles. The second-order valence-corrected chi connectivity index (χ2v) is 6.35. The van der Waals surface area contributed by atoms with Gasteiger partial charge >= 0.3 is 5.97 Å². The molecule has 1 aromatic carbocycles. The molecular formula is C20H23N3O2. The van der Waals surface area contributed by atoms with E-state index in [2.05, 4.69) is 21.6 Å². The topological polar surface area (TPSA) is 58.3 Å². The van der Waals surface area contributed by atoms with Crippen molar-refractivity contribution in [2.24, 2.45) is 5.92 Å². The second-order valence-electron chi connectivity index (χ2n) is 6.35. The average Bonchev–Trinajstić information content (AvgIpc) is 3.10. The minimum atomic E-state index is -0.0744.